The molecule has 0 aromatic rings. The van der Waals surface area contributed by atoms with Gasteiger partial charge in [0.1, 0.15) is 12.7 Å². The number of ether oxygens (including phenoxy) is 1. The smallest absolute Gasteiger partial charge is 0.472 e. The summed E-state index contributed by atoms with van der Waals surface area (Å²) in [5.41, 5.74) is 0. The molecule has 0 aliphatic heterocycles. The molecule has 0 spiro atoms. The Hall–Kier alpha value is -3.86. The highest BCUT2D eigenvalue weighted by atomic mass is 31.2. The number of unbranched alkanes of at least 4 members (excludes halogenated alkanes) is 7. The molecule has 3 atom stereocenters. The fourth-order valence-corrected chi connectivity index (χ4v) is 5.99. The summed E-state index contributed by atoms with van der Waals surface area (Å²) in [5.74, 6) is -2.46. The molecule has 11 nitrogen and oxygen atoms in total. The van der Waals surface area contributed by atoms with Crippen molar-refractivity contribution in [2.75, 3.05) is 19.8 Å². The molecule has 0 aliphatic carbocycles. The average molecular weight is 858 g/mol. The van der Waals surface area contributed by atoms with Gasteiger partial charge in [0.05, 0.1) is 13.2 Å². The minimum atomic E-state index is -4.78. The lowest BCUT2D eigenvalue weighted by molar-refractivity contribution is -0.147. The third-order valence-electron chi connectivity index (χ3n) is 8.56. The van der Waals surface area contributed by atoms with Crippen LogP contribution in [0.1, 0.15) is 142 Å². The maximum Gasteiger partial charge on any atom is 0.472 e. The van der Waals surface area contributed by atoms with Crippen LogP contribution in [-0.2, 0) is 32.7 Å². The summed E-state index contributed by atoms with van der Waals surface area (Å²) in [5, 5.41) is 21.8. The van der Waals surface area contributed by atoms with E-state index in [0.717, 1.165) is 103 Å². The first-order chi connectivity index (χ1) is 29.1. The summed E-state index contributed by atoms with van der Waals surface area (Å²) in [7, 11) is -4.78. The van der Waals surface area contributed by atoms with E-state index in [9.17, 15) is 34.1 Å². The number of rotatable bonds is 39. The van der Waals surface area contributed by atoms with Gasteiger partial charge in [-0.05, 0) is 96.3 Å². The van der Waals surface area contributed by atoms with Crippen molar-refractivity contribution in [3.8, 4) is 0 Å². The van der Waals surface area contributed by atoms with E-state index >= 15 is 0 Å². The van der Waals surface area contributed by atoms with Gasteiger partial charge in [0.15, 0.2) is 6.04 Å². The Balaban J connectivity index is 3.98. The second kappa shape index (κ2) is 41.9. The van der Waals surface area contributed by atoms with Crippen molar-refractivity contribution in [2.45, 2.75) is 154 Å². The van der Waals surface area contributed by atoms with E-state index in [1.165, 1.54) is 0 Å². The summed E-state index contributed by atoms with van der Waals surface area (Å²) in [6.07, 6.45) is 54.1. The van der Waals surface area contributed by atoms with Gasteiger partial charge >= 0.3 is 19.8 Å². The first-order valence-corrected chi connectivity index (χ1v) is 23.4. The largest absolute Gasteiger partial charge is 0.480 e. The Bertz CT molecular complexity index is 1430. The second-order valence-corrected chi connectivity index (χ2v) is 15.6. The van der Waals surface area contributed by atoms with Crippen LogP contribution in [0.25, 0.3) is 0 Å². The highest BCUT2D eigenvalue weighted by molar-refractivity contribution is 7.47. The summed E-state index contributed by atoms with van der Waals surface area (Å²) in [4.78, 5) is 45.9. The van der Waals surface area contributed by atoms with Crippen molar-refractivity contribution in [3.63, 3.8) is 0 Å². The van der Waals surface area contributed by atoms with Crippen LogP contribution in [0.5, 0.6) is 0 Å². The van der Waals surface area contributed by atoms with E-state index in [1.807, 2.05) is 0 Å². The predicted octanol–water partition coefficient (Wildman–Crippen LogP) is 11.4. The Morgan fingerprint density at radius 1 is 0.533 bits per heavy atom. The van der Waals surface area contributed by atoms with Gasteiger partial charge in [-0.2, -0.15) is 0 Å². The standard InChI is InChI=1S/C48H76NO10P/c1-3-5-7-9-11-13-15-17-18-19-20-21-22-23-24-25-26-28-30-32-34-36-38-40-47(52)57-41-44(50)42-58-60(55,56)59-43-45(48(53)54)49-46(51)39-37-35-33-31-29-27-16-14-12-10-8-6-4-2/h5-8,11-14,17-18,20-21,23-24,26-29,44-45,50H,3-4,9-10,15-16,19,22,25,30-43H2,1-2H3,(H,49,51)(H,53,54)(H,55,56)/b7-5-,8-6-,13-11-,14-12-,18-17-,21-20-,24-23-,28-26-,29-27-. The van der Waals surface area contributed by atoms with Crippen LogP contribution in [0.4, 0.5) is 0 Å². The van der Waals surface area contributed by atoms with Gasteiger partial charge in [-0.3, -0.25) is 18.6 Å². The monoisotopic (exact) mass is 858 g/mol. The number of phosphoric ester groups is 1. The van der Waals surface area contributed by atoms with Crippen LogP contribution in [-0.4, -0.2) is 64.9 Å². The third-order valence-corrected chi connectivity index (χ3v) is 9.51. The number of esters is 1. The maximum atomic E-state index is 12.3. The van der Waals surface area contributed by atoms with Crippen molar-refractivity contribution >= 4 is 25.7 Å². The van der Waals surface area contributed by atoms with Gasteiger partial charge in [0, 0.05) is 12.8 Å². The number of amides is 1. The molecular weight excluding hydrogens is 781 g/mol. The van der Waals surface area contributed by atoms with Crippen LogP contribution in [0, 0.1) is 0 Å². The summed E-state index contributed by atoms with van der Waals surface area (Å²) in [6.45, 7) is 2.28. The Morgan fingerprint density at radius 2 is 0.917 bits per heavy atom. The zero-order chi connectivity index (χ0) is 44.2. The molecular formula is C48H76NO10P. The topological polar surface area (TPSA) is 169 Å². The van der Waals surface area contributed by atoms with Gasteiger partial charge in [-0.25, -0.2) is 9.36 Å². The number of carbonyl (C=O) groups is 3. The second-order valence-electron chi connectivity index (χ2n) is 14.1. The van der Waals surface area contributed by atoms with Crippen LogP contribution in [0.2, 0.25) is 0 Å². The lowest BCUT2D eigenvalue weighted by atomic mass is 10.1. The number of carboxylic acids is 1. The van der Waals surface area contributed by atoms with E-state index in [-0.39, 0.29) is 12.8 Å². The number of hydrogen-bond donors (Lipinski definition) is 4. The van der Waals surface area contributed by atoms with Crippen molar-refractivity contribution < 1.29 is 47.8 Å². The molecule has 12 heteroatoms. The first-order valence-electron chi connectivity index (χ1n) is 21.9. The molecule has 0 aromatic heterocycles. The van der Waals surface area contributed by atoms with Crippen LogP contribution < -0.4 is 5.32 Å². The van der Waals surface area contributed by atoms with Crippen LogP contribution in [0.3, 0.4) is 0 Å². The number of nitrogens with one attached hydrogen (secondary N) is 1. The number of aliphatic hydroxyl groups excluding tert-OH is 1. The number of phosphoric acid groups is 1. The third kappa shape index (κ3) is 40.9. The summed E-state index contributed by atoms with van der Waals surface area (Å²) < 4.78 is 26.8. The van der Waals surface area contributed by atoms with E-state index in [0.29, 0.717) is 12.8 Å². The average Bonchev–Trinajstić information content (AvgIpc) is 3.22. The minimum Gasteiger partial charge on any atom is -0.480 e. The lowest BCUT2D eigenvalue weighted by Gasteiger charge is -2.18. The van der Waals surface area contributed by atoms with Crippen molar-refractivity contribution in [1.82, 2.24) is 5.32 Å². The van der Waals surface area contributed by atoms with Gasteiger partial charge in [-0.1, -0.05) is 142 Å². The molecule has 0 aromatic carbocycles. The maximum absolute atomic E-state index is 12.3. The van der Waals surface area contributed by atoms with E-state index < -0.39 is 57.6 Å². The minimum absolute atomic E-state index is 0.102. The van der Waals surface area contributed by atoms with Crippen LogP contribution in [0.15, 0.2) is 109 Å². The predicted molar refractivity (Wildman–Crippen MR) is 244 cm³/mol. The summed E-state index contributed by atoms with van der Waals surface area (Å²) >= 11 is 0. The molecule has 0 saturated heterocycles. The summed E-state index contributed by atoms with van der Waals surface area (Å²) in [6, 6.07) is -1.57. The number of carbonyl (C=O) groups excluding carboxylic acids is 2. The number of carboxylic acid groups (broad SMARTS) is 1. The van der Waals surface area contributed by atoms with Gasteiger partial charge in [0.2, 0.25) is 5.91 Å². The molecule has 0 saturated carbocycles. The fraction of sp³-hybridized carbons (Fsp3) is 0.562. The highest BCUT2D eigenvalue weighted by Crippen LogP contribution is 2.43. The van der Waals surface area contributed by atoms with Crippen molar-refractivity contribution in [1.29, 1.82) is 0 Å². The Morgan fingerprint density at radius 3 is 1.37 bits per heavy atom. The molecule has 338 valence electrons. The Kier molecular flexibility index (Phi) is 39.2. The number of allylic oxidation sites excluding steroid dienone is 18. The van der Waals surface area contributed by atoms with Gasteiger partial charge < -0.3 is 25.2 Å². The molecule has 1 amide bonds. The quantitative estimate of drug-likeness (QED) is 0.0202. The SMILES string of the molecule is CC/C=C\C/C=C\C/C=C\C/C=C\C/C=C\C/C=C\CCCCCCC(=O)OCC(O)COP(=O)(O)OCC(NC(=O)CCCCC/C=C\C/C=C\C/C=C\CC)C(=O)O. The molecule has 0 aliphatic rings. The molecule has 0 radical (unpaired) electrons. The van der Waals surface area contributed by atoms with E-state index in [4.69, 9.17) is 13.8 Å². The molecule has 0 fully saturated rings. The highest BCUT2D eigenvalue weighted by Gasteiger charge is 2.28. The van der Waals surface area contributed by atoms with E-state index in [2.05, 4.69) is 129 Å². The Labute approximate surface area is 361 Å². The lowest BCUT2D eigenvalue weighted by Crippen LogP contribution is -2.43. The van der Waals surface area contributed by atoms with Crippen molar-refractivity contribution in [2.24, 2.45) is 0 Å². The molecule has 4 N–H and O–H groups in total. The zero-order valence-corrected chi connectivity index (χ0v) is 37.4. The molecule has 0 bridgehead atoms. The van der Waals surface area contributed by atoms with E-state index in [1.54, 1.807) is 0 Å². The molecule has 60 heavy (non-hydrogen) atoms. The fourth-order valence-electron chi connectivity index (χ4n) is 5.21. The first kappa shape index (κ1) is 56.1. The van der Waals surface area contributed by atoms with Gasteiger partial charge in [0.25, 0.3) is 0 Å². The zero-order valence-electron chi connectivity index (χ0n) is 36.5. The normalized spacial score (nSPS) is 14.7. The van der Waals surface area contributed by atoms with Crippen LogP contribution >= 0.6 is 7.82 Å². The van der Waals surface area contributed by atoms with Gasteiger partial charge in [-0.15, -0.1) is 0 Å². The number of hydrogen-bond acceptors (Lipinski definition) is 8. The number of aliphatic carboxylic acids is 1. The molecule has 3 unspecified atom stereocenters. The van der Waals surface area contributed by atoms with Crippen molar-refractivity contribution in [3.05, 3.63) is 109 Å². The number of aliphatic hydroxyl groups is 1. The molecule has 0 heterocycles. The molecule has 0 rings (SSSR count).